The van der Waals surface area contributed by atoms with Gasteiger partial charge in [-0.25, -0.2) is 18.7 Å². The molecular weight excluding hydrogens is 380 g/mol. The van der Waals surface area contributed by atoms with Gasteiger partial charge >= 0.3 is 5.91 Å². The number of nitrogens with zero attached hydrogens (tertiary/aromatic N) is 3. The normalized spacial score (nSPS) is 18.3. The molecule has 0 radical (unpaired) electrons. The highest BCUT2D eigenvalue weighted by molar-refractivity contribution is 6.51. The molecule has 1 N–H and O–H groups in total. The first kappa shape index (κ1) is 18.4. The van der Waals surface area contributed by atoms with Crippen LogP contribution >= 0.6 is 0 Å². The summed E-state index contributed by atoms with van der Waals surface area (Å²) in [6.45, 7) is 0. The Kier molecular flexibility index (Phi) is 4.59. The van der Waals surface area contributed by atoms with E-state index in [1.807, 2.05) is 0 Å². The van der Waals surface area contributed by atoms with Crippen LogP contribution in [0, 0.1) is 11.6 Å². The summed E-state index contributed by atoms with van der Waals surface area (Å²) in [5, 5.41) is 10.8. The monoisotopic (exact) mass is 393 g/mol. The van der Waals surface area contributed by atoms with Gasteiger partial charge in [-0.05, 0) is 36.4 Å². The molecule has 1 aliphatic heterocycles. The van der Waals surface area contributed by atoms with E-state index in [1.54, 1.807) is 6.07 Å². The predicted octanol–water partition coefficient (Wildman–Crippen LogP) is 3.38. The van der Waals surface area contributed by atoms with Crippen LogP contribution < -0.4 is 4.90 Å². The Labute approximate surface area is 163 Å². The summed E-state index contributed by atoms with van der Waals surface area (Å²) in [5.41, 5.74) is -0.235. The van der Waals surface area contributed by atoms with E-state index in [0.717, 1.165) is 17.0 Å². The molecular formula is C21H13F2N3O3. The number of hydrogen-bond donors (Lipinski definition) is 1. The number of carbonyl (C=O) groups is 2. The van der Waals surface area contributed by atoms with Crippen LogP contribution in [-0.4, -0.2) is 26.8 Å². The van der Waals surface area contributed by atoms with Crippen molar-refractivity contribution in [1.29, 1.82) is 0 Å². The van der Waals surface area contributed by atoms with E-state index in [1.165, 1.54) is 48.8 Å². The summed E-state index contributed by atoms with van der Waals surface area (Å²) < 4.78 is 27.9. The minimum Gasteiger partial charge on any atom is -0.507 e. The van der Waals surface area contributed by atoms with E-state index in [9.17, 15) is 23.5 Å². The predicted molar refractivity (Wildman–Crippen MR) is 99.6 cm³/mol. The fourth-order valence-electron chi connectivity index (χ4n) is 3.21. The van der Waals surface area contributed by atoms with Gasteiger partial charge in [0.05, 0.1) is 5.57 Å². The SMILES string of the molecule is O=C1C(=O)N(c2ncccn2)[C@H](c2ccccc2F)/C1=C(\O)c1ccc(F)cc1. The number of halogens is 2. The van der Waals surface area contributed by atoms with Crippen molar-refractivity contribution in [2.24, 2.45) is 0 Å². The second-order valence-corrected chi connectivity index (χ2v) is 6.25. The zero-order valence-electron chi connectivity index (χ0n) is 14.8. The van der Waals surface area contributed by atoms with Crippen molar-refractivity contribution < 1.29 is 23.5 Å². The second kappa shape index (κ2) is 7.23. The second-order valence-electron chi connectivity index (χ2n) is 6.25. The van der Waals surface area contributed by atoms with Gasteiger partial charge in [0, 0.05) is 23.5 Å². The number of rotatable bonds is 3. The molecule has 1 fully saturated rings. The first-order chi connectivity index (χ1) is 14.0. The van der Waals surface area contributed by atoms with Gasteiger partial charge in [0.2, 0.25) is 5.95 Å². The summed E-state index contributed by atoms with van der Waals surface area (Å²) in [7, 11) is 0. The largest absolute Gasteiger partial charge is 0.507 e. The van der Waals surface area contributed by atoms with E-state index >= 15 is 0 Å². The number of carbonyl (C=O) groups excluding carboxylic acids is 2. The summed E-state index contributed by atoms with van der Waals surface area (Å²) in [6.07, 6.45) is 2.75. The average molecular weight is 393 g/mol. The zero-order chi connectivity index (χ0) is 20.5. The van der Waals surface area contributed by atoms with E-state index in [-0.39, 0.29) is 22.6 Å². The van der Waals surface area contributed by atoms with Crippen molar-refractivity contribution in [3.8, 4) is 0 Å². The minimum atomic E-state index is -1.29. The first-order valence-electron chi connectivity index (χ1n) is 8.57. The maximum absolute atomic E-state index is 14.6. The number of amides is 1. The molecule has 1 aromatic heterocycles. The molecule has 1 atom stereocenters. The molecule has 0 bridgehead atoms. The lowest BCUT2D eigenvalue weighted by Gasteiger charge is -2.23. The first-order valence-corrected chi connectivity index (χ1v) is 8.57. The summed E-state index contributed by atoms with van der Waals surface area (Å²) in [6, 6.07) is 10.5. The number of Topliss-reactive ketones (excluding diaryl/α,β-unsaturated/α-hetero) is 1. The third-order valence-electron chi connectivity index (χ3n) is 4.53. The minimum absolute atomic E-state index is 0.0113. The van der Waals surface area contributed by atoms with Crippen LogP contribution in [-0.2, 0) is 9.59 Å². The van der Waals surface area contributed by atoms with Crippen LogP contribution in [0.3, 0.4) is 0 Å². The maximum atomic E-state index is 14.6. The molecule has 3 aromatic rings. The van der Waals surface area contributed by atoms with Gasteiger partial charge in [0.25, 0.3) is 5.78 Å². The number of anilines is 1. The smallest absolute Gasteiger partial charge is 0.302 e. The Morgan fingerprint density at radius 2 is 1.59 bits per heavy atom. The molecule has 6 nitrogen and oxygen atoms in total. The Morgan fingerprint density at radius 1 is 0.931 bits per heavy atom. The number of hydrogen-bond acceptors (Lipinski definition) is 5. The summed E-state index contributed by atoms with van der Waals surface area (Å²) in [5.74, 6) is -3.90. The van der Waals surface area contributed by atoms with E-state index < -0.39 is 35.1 Å². The van der Waals surface area contributed by atoms with E-state index in [0.29, 0.717) is 0 Å². The third-order valence-corrected chi connectivity index (χ3v) is 4.53. The van der Waals surface area contributed by atoms with Crippen LogP contribution in [0.15, 0.2) is 72.6 Å². The molecule has 4 rings (SSSR count). The third kappa shape index (κ3) is 3.14. The van der Waals surface area contributed by atoms with Crippen LogP contribution in [0.25, 0.3) is 5.76 Å². The molecule has 2 aromatic carbocycles. The molecule has 0 unspecified atom stereocenters. The number of aliphatic hydroxyl groups is 1. The number of ketones is 1. The molecule has 2 heterocycles. The van der Waals surface area contributed by atoms with E-state index in [2.05, 4.69) is 9.97 Å². The highest BCUT2D eigenvalue weighted by Gasteiger charge is 2.48. The fourth-order valence-corrected chi connectivity index (χ4v) is 3.21. The van der Waals surface area contributed by atoms with E-state index in [4.69, 9.17) is 0 Å². The lowest BCUT2D eigenvalue weighted by Crippen LogP contribution is -2.31. The van der Waals surface area contributed by atoms with Crippen molar-refractivity contribution in [1.82, 2.24) is 9.97 Å². The van der Waals surface area contributed by atoms with Crippen LogP contribution in [0.2, 0.25) is 0 Å². The lowest BCUT2D eigenvalue weighted by molar-refractivity contribution is -0.132. The molecule has 144 valence electrons. The zero-order valence-corrected chi connectivity index (χ0v) is 14.8. The number of benzene rings is 2. The van der Waals surface area contributed by atoms with Gasteiger partial charge < -0.3 is 5.11 Å². The molecule has 0 saturated carbocycles. The molecule has 1 saturated heterocycles. The summed E-state index contributed by atoms with van der Waals surface area (Å²) in [4.78, 5) is 34.5. The van der Waals surface area contributed by atoms with Crippen LogP contribution in [0.4, 0.5) is 14.7 Å². The van der Waals surface area contributed by atoms with Crippen molar-refractivity contribution in [2.75, 3.05) is 4.90 Å². The van der Waals surface area contributed by atoms with Crippen molar-refractivity contribution >= 4 is 23.4 Å². The number of aliphatic hydroxyl groups excluding tert-OH is 1. The highest BCUT2D eigenvalue weighted by Crippen LogP contribution is 2.41. The molecule has 0 spiro atoms. The molecule has 29 heavy (non-hydrogen) atoms. The van der Waals surface area contributed by atoms with Crippen LogP contribution in [0.1, 0.15) is 17.2 Å². The molecule has 1 amide bonds. The Bertz CT molecular complexity index is 1130. The average Bonchev–Trinajstić information content (AvgIpc) is 3.00. The van der Waals surface area contributed by atoms with Gasteiger partial charge in [0.1, 0.15) is 23.4 Å². The quantitative estimate of drug-likeness (QED) is 0.419. The highest BCUT2D eigenvalue weighted by atomic mass is 19.1. The summed E-state index contributed by atoms with van der Waals surface area (Å²) >= 11 is 0. The molecule has 0 aliphatic carbocycles. The van der Waals surface area contributed by atoms with Crippen molar-refractivity contribution in [3.63, 3.8) is 0 Å². The van der Waals surface area contributed by atoms with Gasteiger partial charge in [-0.2, -0.15) is 0 Å². The van der Waals surface area contributed by atoms with Crippen molar-refractivity contribution in [3.05, 3.63) is 95.3 Å². The van der Waals surface area contributed by atoms with Gasteiger partial charge in [-0.3, -0.25) is 14.5 Å². The fraction of sp³-hybridized carbons (Fsp3) is 0.0476. The Balaban J connectivity index is 1.97. The lowest BCUT2D eigenvalue weighted by atomic mass is 9.95. The van der Waals surface area contributed by atoms with Gasteiger partial charge in [0.15, 0.2) is 0 Å². The van der Waals surface area contributed by atoms with Gasteiger partial charge in [-0.15, -0.1) is 0 Å². The Morgan fingerprint density at radius 3 is 2.24 bits per heavy atom. The Hall–Kier alpha value is -3.94. The standard InChI is InChI=1S/C21H13F2N3O3/c22-13-8-6-12(7-9-13)18(27)16-17(14-4-1-2-5-15(14)23)26(20(29)19(16)28)21-24-10-3-11-25-21/h1-11,17,27H/b18-16+/t17-/m1/s1. The topological polar surface area (TPSA) is 83.4 Å². The van der Waals surface area contributed by atoms with Crippen LogP contribution in [0.5, 0.6) is 0 Å². The maximum Gasteiger partial charge on any atom is 0.302 e. The van der Waals surface area contributed by atoms with Gasteiger partial charge in [-0.1, -0.05) is 18.2 Å². The number of aromatic nitrogens is 2. The molecule has 8 heteroatoms. The van der Waals surface area contributed by atoms with Crippen molar-refractivity contribution in [2.45, 2.75) is 6.04 Å². The molecule has 1 aliphatic rings.